The summed E-state index contributed by atoms with van der Waals surface area (Å²) < 4.78 is 10.5. The second-order valence-electron chi connectivity index (χ2n) is 3.75. The van der Waals surface area contributed by atoms with E-state index in [1.54, 1.807) is 25.6 Å². The van der Waals surface area contributed by atoms with Crippen molar-refractivity contribution in [2.24, 2.45) is 5.73 Å². The van der Waals surface area contributed by atoms with Crippen LogP contribution in [0.2, 0.25) is 0 Å². The highest BCUT2D eigenvalue weighted by Crippen LogP contribution is 2.33. The van der Waals surface area contributed by atoms with Gasteiger partial charge in [0.15, 0.2) is 11.5 Å². The number of rotatable bonds is 5. The number of methoxy groups -OCH3 is 2. The molecule has 0 aliphatic heterocycles. The highest BCUT2D eigenvalue weighted by atomic mass is 35.5. The molecule has 104 valence electrons. The van der Waals surface area contributed by atoms with Crippen LogP contribution in [0.3, 0.4) is 0 Å². The van der Waals surface area contributed by atoms with Crippen LogP contribution >= 0.6 is 23.7 Å². The van der Waals surface area contributed by atoms with E-state index in [-0.39, 0.29) is 12.4 Å². The number of ether oxygens (including phenoxy) is 2. The van der Waals surface area contributed by atoms with Gasteiger partial charge in [0, 0.05) is 17.4 Å². The Bertz CT molecular complexity index is 531. The summed E-state index contributed by atoms with van der Waals surface area (Å²) in [4.78, 5) is 4.54. The fourth-order valence-corrected chi connectivity index (χ4v) is 2.52. The van der Waals surface area contributed by atoms with Crippen LogP contribution in [0.15, 0.2) is 23.6 Å². The van der Waals surface area contributed by atoms with E-state index in [4.69, 9.17) is 15.2 Å². The largest absolute Gasteiger partial charge is 0.493 e. The maximum Gasteiger partial charge on any atom is 0.161 e. The topological polar surface area (TPSA) is 57.4 Å². The first kappa shape index (κ1) is 15.8. The second kappa shape index (κ2) is 7.33. The normalized spacial score (nSPS) is 9.84. The lowest BCUT2D eigenvalue weighted by Crippen LogP contribution is -2.02. The minimum atomic E-state index is 0. The number of nitrogens with zero attached hydrogens (tertiary/aromatic N) is 1. The number of benzene rings is 1. The fourth-order valence-electron chi connectivity index (χ4n) is 1.67. The Morgan fingerprint density at radius 2 is 1.95 bits per heavy atom. The lowest BCUT2D eigenvalue weighted by Gasteiger charge is -2.08. The van der Waals surface area contributed by atoms with E-state index >= 15 is 0 Å². The molecule has 2 aromatic rings. The molecule has 0 aliphatic rings. The molecule has 0 spiro atoms. The van der Waals surface area contributed by atoms with Gasteiger partial charge in [-0.2, -0.15) is 0 Å². The van der Waals surface area contributed by atoms with Crippen molar-refractivity contribution in [2.45, 2.75) is 6.42 Å². The number of halogens is 1. The van der Waals surface area contributed by atoms with Gasteiger partial charge < -0.3 is 15.2 Å². The molecule has 2 N–H and O–H groups in total. The van der Waals surface area contributed by atoms with Gasteiger partial charge in [0.2, 0.25) is 0 Å². The maximum atomic E-state index is 5.52. The van der Waals surface area contributed by atoms with Crippen molar-refractivity contribution < 1.29 is 9.47 Å². The highest BCUT2D eigenvalue weighted by Gasteiger charge is 2.09. The van der Waals surface area contributed by atoms with E-state index < -0.39 is 0 Å². The Morgan fingerprint density at radius 3 is 2.58 bits per heavy atom. The molecule has 1 heterocycles. The predicted molar refractivity (Wildman–Crippen MR) is 80.7 cm³/mol. The van der Waals surface area contributed by atoms with Gasteiger partial charge in [-0.25, -0.2) is 4.98 Å². The first-order valence-corrected chi connectivity index (χ1v) is 6.53. The zero-order valence-corrected chi connectivity index (χ0v) is 12.5. The highest BCUT2D eigenvalue weighted by molar-refractivity contribution is 7.13. The summed E-state index contributed by atoms with van der Waals surface area (Å²) in [6.07, 6.45) is 0.809. The summed E-state index contributed by atoms with van der Waals surface area (Å²) in [7, 11) is 3.25. The third kappa shape index (κ3) is 3.59. The van der Waals surface area contributed by atoms with Crippen molar-refractivity contribution in [1.82, 2.24) is 4.98 Å². The summed E-state index contributed by atoms with van der Waals surface area (Å²) in [6, 6.07) is 5.80. The van der Waals surface area contributed by atoms with E-state index in [9.17, 15) is 0 Å². The second-order valence-corrected chi connectivity index (χ2v) is 4.61. The first-order valence-electron chi connectivity index (χ1n) is 5.65. The molecule has 0 atom stereocenters. The molecule has 0 fully saturated rings. The van der Waals surface area contributed by atoms with Gasteiger partial charge in [-0.15, -0.1) is 23.7 Å². The van der Waals surface area contributed by atoms with Crippen molar-refractivity contribution in [1.29, 1.82) is 0 Å². The van der Waals surface area contributed by atoms with Crippen LogP contribution in [0, 0.1) is 0 Å². The summed E-state index contributed by atoms with van der Waals surface area (Å²) in [5, 5.41) is 3.01. The minimum absolute atomic E-state index is 0. The molecule has 2 rings (SSSR count). The Balaban J connectivity index is 0.00000180. The number of nitrogens with two attached hydrogens (primary N) is 1. The Kier molecular flexibility index (Phi) is 6.08. The minimum Gasteiger partial charge on any atom is -0.493 e. The van der Waals surface area contributed by atoms with Crippen molar-refractivity contribution >= 4 is 23.7 Å². The van der Waals surface area contributed by atoms with Crippen molar-refractivity contribution in [3.63, 3.8) is 0 Å². The third-order valence-electron chi connectivity index (χ3n) is 2.58. The van der Waals surface area contributed by atoms with Crippen LogP contribution in [0.5, 0.6) is 11.5 Å². The van der Waals surface area contributed by atoms with E-state index in [0.29, 0.717) is 12.3 Å². The van der Waals surface area contributed by atoms with Gasteiger partial charge in [0.25, 0.3) is 0 Å². The molecular weight excluding hydrogens is 284 g/mol. The summed E-state index contributed by atoms with van der Waals surface area (Å²) in [5.41, 5.74) is 7.58. The lowest BCUT2D eigenvalue weighted by atomic mass is 10.2. The molecule has 19 heavy (non-hydrogen) atoms. The average Bonchev–Trinajstić information content (AvgIpc) is 2.87. The molecular formula is C13H17ClN2O2S. The number of thiazole rings is 1. The van der Waals surface area contributed by atoms with Crippen molar-refractivity contribution in [3.05, 3.63) is 29.3 Å². The van der Waals surface area contributed by atoms with Gasteiger partial charge >= 0.3 is 0 Å². The summed E-state index contributed by atoms with van der Waals surface area (Å²) in [6.45, 7) is 0.620. The van der Waals surface area contributed by atoms with E-state index in [1.165, 1.54) is 0 Å². The molecule has 0 aliphatic carbocycles. The SMILES string of the molecule is COc1ccc(-c2nc(CCN)cs2)cc1OC.Cl. The van der Waals surface area contributed by atoms with Crippen LogP contribution in [0.25, 0.3) is 10.6 Å². The van der Waals surface area contributed by atoms with Crippen LogP contribution in [0.1, 0.15) is 5.69 Å². The van der Waals surface area contributed by atoms with E-state index in [2.05, 4.69) is 4.98 Å². The average molecular weight is 301 g/mol. The fraction of sp³-hybridized carbons (Fsp3) is 0.308. The standard InChI is InChI=1S/C13H16N2O2S.ClH/c1-16-11-4-3-9(7-12(11)17-2)13-15-10(5-6-14)8-18-13;/h3-4,7-8H,5-6,14H2,1-2H3;1H. The zero-order valence-electron chi connectivity index (χ0n) is 10.9. The summed E-state index contributed by atoms with van der Waals surface area (Å²) >= 11 is 1.61. The first-order chi connectivity index (χ1) is 8.78. The molecule has 1 aromatic heterocycles. The Morgan fingerprint density at radius 1 is 1.21 bits per heavy atom. The van der Waals surface area contributed by atoms with Gasteiger partial charge in [0.1, 0.15) is 5.01 Å². The molecule has 4 nitrogen and oxygen atoms in total. The van der Waals surface area contributed by atoms with Gasteiger partial charge in [-0.05, 0) is 24.7 Å². The number of hydrogen-bond acceptors (Lipinski definition) is 5. The molecule has 0 saturated carbocycles. The van der Waals surface area contributed by atoms with Gasteiger partial charge in [-0.1, -0.05) is 0 Å². The lowest BCUT2D eigenvalue weighted by molar-refractivity contribution is 0.355. The summed E-state index contributed by atoms with van der Waals surface area (Å²) in [5.74, 6) is 1.44. The monoisotopic (exact) mass is 300 g/mol. The van der Waals surface area contributed by atoms with Crippen molar-refractivity contribution in [2.75, 3.05) is 20.8 Å². The molecule has 0 radical (unpaired) electrons. The van der Waals surface area contributed by atoms with Gasteiger partial charge in [0.05, 0.1) is 19.9 Å². The third-order valence-corrected chi connectivity index (χ3v) is 3.52. The number of hydrogen-bond donors (Lipinski definition) is 1. The molecule has 0 amide bonds. The van der Waals surface area contributed by atoms with E-state index in [1.807, 2.05) is 23.6 Å². The molecule has 0 saturated heterocycles. The van der Waals surface area contributed by atoms with Crippen LogP contribution in [-0.2, 0) is 6.42 Å². The zero-order chi connectivity index (χ0) is 13.0. The Labute approximate surface area is 123 Å². The molecule has 6 heteroatoms. The van der Waals surface area contributed by atoms with Gasteiger partial charge in [-0.3, -0.25) is 0 Å². The predicted octanol–water partition coefficient (Wildman–Crippen LogP) is 2.75. The molecule has 1 aromatic carbocycles. The number of aromatic nitrogens is 1. The van der Waals surface area contributed by atoms with Crippen LogP contribution < -0.4 is 15.2 Å². The molecule has 0 unspecified atom stereocenters. The van der Waals surface area contributed by atoms with Crippen molar-refractivity contribution in [3.8, 4) is 22.1 Å². The Hall–Kier alpha value is -1.30. The smallest absolute Gasteiger partial charge is 0.161 e. The maximum absolute atomic E-state index is 5.52. The van der Waals surface area contributed by atoms with E-state index in [0.717, 1.165) is 28.4 Å². The van der Waals surface area contributed by atoms with Crippen LogP contribution in [-0.4, -0.2) is 25.7 Å². The quantitative estimate of drug-likeness (QED) is 0.922. The van der Waals surface area contributed by atoms with Crippen LogP contribution in [0.4, 0.5) is 0 Å². The molecule has 0 bridgehead atoms.